The summed E-state index contributed by atoms with van der Waals surface area (Å²) in [6.07, 6.45) is 1.65. The summed E-state index contributed by atoms with van der Waals surface area (Å²) in [5, 5.41) is 14.7. The number of nitrogens with one attached hydrogen (secondary N) is 1. The molecule has 0 unspecified atom stereocenters. The molecule has 0 fully saturated rings. The third-order valence-corrected chi connectivity index (χ3v) is 5.26. The normalized spacial score (nSPS) is 12.7. The summed E-state index contributed by atoms with van der Waals surface area (Å²) >= 11 is 0. The van der Waals surface area contributed by atoms with Crippen LogP contribution in [0.15, 0.2) is 78.4 Å². The van der Waals surface area contributed by atoms with Crippen molar-refractivity contribution in [3.8, 4) is 6.07 Å². The maximum absolute atomic E-state index is 12.6. The molecule has 4 nitrogen and oxygen atoms in total. The molecule has 0 aliphatic carbocycles. The highest BCUT2D eigenvalue weighted by atomic mass is 16.1. The molecule has 1 heterocycles. The molecule has 4 heteroatoms. The van der Waals surface area contributed by atoms with Gasteiger partial charge < -0.3 is 9.88 Å². The summed E-state index contributed by atoms with van der Waals surface area (Å²) in [7, 11) is 2.04. The number of hydrogen-bond donors (Lipinski definition) is 1. The Bertz CT molecular complexity index is 1280. The molecular weight excluding hydrogens is 358 g/mol. The number of rotatable bonds is 4. The van der Waals surface area contributed by atoms with Crippen molar-refractivity contribution < 1.29 is 4.79 Å². The van der Waals surface area contributed by atoms with Crippen molar-refractivity contribution in [3.63, 3.8) is 0 Å². The van der Waals surface area contributed by atoms with Crippen molar-refractivity contribution in [2.24, 2.45) is 7.05 Å². The van der Waals surface area contributed by atoms with Crippen LogP contribution in [0.2, 0.25) is 0 Å². The second kappa shape index (κ2) is 7.65. The van der Waals surface area contributed by atoms with Gasteiger partial charge in [0.1, 0.15) is 11.6 Å². The monoisotopic (exact) mass is 379 g/mol. The van der Waals surface area contributed by atoms with Gasteiger partial charge in [0.2, 0.25) is 0 Å². The average Bonchev–Trinajstić information content (AvgIpc) is 3.04. The van der Waals surface area contributed by atoms with E-state index in [0.717, 1.165) is 32.9 Å². The SMILES string of the molecule is C[C@@H](NC(=O)/C(C#N)=C/c1ccc2c(c1)c1ccccc1n2C)c1ccccc1. The number of para-hydroxylation sites is 1. The lowest BCUT2D eigenvalue weighted by molar-refractivity contribution is -0.117. The van der Waals surface area contributed by atoms with Crippen molar-refractivity contribution in [1.82, 2.24) is 9.88 Å². The Morgan fingerprint density at radius 1 is 1.00 bits per heavy atom. The predicted molar refractivity (Wildman–Crippen MR) is 117 cm³/mol. The molecule has 0 saturated heterocycles. The standard InChI is InChI=1S/C25H21N3O/c1-17(19-8-4-3-5-9-19)27-25(29)20(16-26)14-18-12-13-24-22(15-18)21-10-6-7-11-23(21)28(24)2/h3-15,17H,1-2H3,(H,27,29)/b20-14+/t17-/m1/s1. The van der Waals surface area contributed by atoms with Gasteiger partial charge in [-0.25, -0.2) is 0 Å². The zero-order valence-electron chi connectivity index (χ0n) is 16.4. The molecule has 0 aliphatic heterocycles. The highest BCUT2D eigenvalue weighted by Crippen LogP contribution is 2.29. The molecule has 1 aromatic heterocycles. The number of carbonyl (C=O) groups excluding carboxylic acids is 1. The Morgan fingerprint density at radius 3 is 2.45 bits per heavy atom. The van der Waals surface area contributed by atoms with E-state index in [9.17, 15) is 10.1 Å². The van der Waals surface area contributed by atoms with Crippen LogP contribution in [0.5, 0.6) is 0 Å². The van der Waals surface area contributed by atoms with Crippen LogP contribution >= 0.6 is 0 Å². The fraction of sp³-hybridized carbons (Fsp3) is 0.120. The molecule has 0 aliphatic rings. The van der Waals surface area contributed by atoms with Gasteiger partial charge in [-0.3, -0.25) is 4.79 Å². The van der Waals surface area contributed by atoms with Gasteiger partial charge in [-0.05, 0) is 42.3 Å². The largest absolute Gasteiger partial charge is 0.345 e. The van der Waals surface area contributed by atoms with Crippen LogP contribution in [0.1, 0.15) is 24.1 Å². The average molecular weight is 379 g/mol. The van der Waals surface area contributed by atoms with Crippen molar-refractivity contribution in [2.75, 3.05) is 0 Å². The number of nitrogens with zero attached hydrogens (tertiary/aromatic N) is 2. The molecule has 1 N–H and O–H groups in total. The zero-order valence-corrected chi connectivity index (χ0v) is 16.4. The molecule has 4 rings (SSSR count). The summed E-state index contributed by atoms with van der Waals surface area (Å²) in [4.78, 5) is 12.6. The molecule has 3 aromatic carbocycles. The van der Waals surface area contributed by atoms with Crippen LogP contribution in [0.3, 0.4) is 0 Å². The van der Waals surface area contributed by atoms with E-state index in [1.54, 1.807) is 6.08 Å². The highest BCUT2D eigenvalue weighted by Gasteiger charge is 2.14. The molecule has 1 amide bonds. The number of aryl methyl sites for hydroxylation is 1. The van der Waals surface area contributed by atoms with Gasteiger partial charge in [-0.1, -0.05) is 54.6 Å². The molecule has 142 valence electrons. The number of benzene rings is 3. The summed E-state index contributed by atoms with van der Waals surface area (Å²) < 4.78 is 2.15. The highest BCUT2D eigenvalue weighted by molar-refractivity contribution is 6.09. The number of hydrogen-bond acceptors (Lipinski definition) is 2. The van der Waals surface area contributed by atoms with E-state index >= 15 is 0 Å². The van der Waals surface area contributed by atoms with E-state index in [4.69, 9.17) is 0 Å². The smallest absolute Gasteiger partial charge is 0.262 e. The summed E-state index contributed by atoms with van der Waals surface area (Å²) in [6.45, 7) is 1.91. The number of fused-ring (bicyclic) bond motifs is 3. The number of carbonyl (C=O) groups is 1. The van der Waals surface area contributed by atoms with Crippen molar-refractivity contribution >= 4 is 33.8 Å². The molecule has 0 spiro atoms. The summed E-state index contributed by atoms with van der Waals surface area (Å²) in [5.41, 5.74) is 4.18. The molecule has 0 saturated carbocycles. The summed E-state index contributed by atoms with van der Waals surface area (Å²) in [5.74, 6) is -0.373. The quantitative estimate of drug-likeness (QED) is 0.395. The third-order valence-electron chi connectivity index (χ3n) is 5.26. The second-order valence-corrected chi connectivity index (χ2v) is 7.13. The molecule has 4 aromatic rings. The first kappa shape index (κ1) is 18.5. The van der Waals surface area contributed by atoms with Gasteiger partial charge in [0.05, 0.1) is 6.04 Å². The van der Waals surface area contributed by atoms with Crippen LogP contribution in [0, 0.1) is 11.3 Å². The van der Waals surface area contributed by atoms with Crippen LogP contribution in [-0.4, -0.2) is 10.5 Å². The number of aromatic nitrogens is 1. The minimum atomic E-state index is -0.373. The Hall–Kier alpha value is -3.84. The molecule has 29 heavy (non-hydrogen) atoms. The fourth-order valence-corrected chi connectivity index (χ4v) is 3.69. The molecule has 0 radical (unpaired) electrons. The van der Waals surface area contributed by atoms with E-state index in [-0.39, 0.29) is 17.5 Å². The summed E-state index contributed by atoms with van der Waals surface area (Å²) in [6, 6.07) is 25.8. The maximum Gasteiger partial charge on any atom is 0.262 e. The van der Waals surface area contributed by atoms with E-state index in [2.05, 4.69) is 22.0 Å². The lowest BCUT2D eigenvalue weighted by Crippen LogP contribution is -2.27. The molecule has 0 bridgehead atoms. The maximum atomic E-state index is 12.6. The first-order chi connectivity index (χ1) is 14.1. The Balaban J connectivity index is 1.66. The first-order valence-corrected chi connectivity index (χ1v) is 9.53. The van der Waals surface area contributed by atoms with Crippen LogP contribution < -0.4 is 5.32 Å². The number of amides is 1. The minimum Gasteiger partial charge on any atom is -0.345 e. The van der Waals surface area contributed by atoms with Crippen LogP contribution in [0.25, 0.3) is 27.9 Å². The Kier molecular flexibility index (Phi) is 4.88. The van der Waals surface area contributed by atoms with E-state index < -0.39 is 0 Å². The third kappa shape index (κ3) is 3.51. The lowest BCUT2D eigenvalue weighted by atomic mass is 10.1. The molecule has 1 atom stereocenters. The van der Waals surface area contributed by atoms with Crippen molar-refractivity contribution in [3.05, 3.63) is 89.5 Å². The van der Waals surface area contributed by atoms with E-state index in [1.807, 2.05) is 80.7 Å². The minimum absolute atomic E-state index is 0.0902. The first-order valence-electron chi connectivity index (χ1n) is 9.53. The fourth-order valence-electron chi connectivity index (χ4n) is 3.69. The van der Waals surface area contributed by atoms with Gasteiger partial charge in [-0.15, -0.1) is 0 Å². The zero-order chi connectivity index (χ0) is 20.4. The molecular formula is C25H21N3O. The van der Waals surface area contributed by atoms with Gasteiger partial charge in [-0.2, -0.15) is 5.26 Å². The Labute approximate surface area is 169 Å². The lowest BCUT2D eigenvalue weighted by Gasteiger charge is -2.13. The number of nitriles is 1. The topological polar surface area (TPSA) is 57.8 Å². The van der Waals surface area contributed by atoms with E-state index in [0.29, 0.717) is 0 Å². The van der Waals surface area contributed by atoms with Crippen LogP contribution in [0.4, 0.5) is 0 Å². The van der Waals surface area contributed by atoms with Gasteiger partial charge in [0.15, 0.2) is 0 Å². The van der Waals surface area contributed by atoms with Crippen molar-refractivity contribution in [2.45, 2.75) is 13.0 Å². The van der Waals surface area contributed by atoms with Crippen LogP contribution in [-0.2, 0) is 11.8 Å². The van der Waals surface area contributed by atoms with E-state index in [1.165, 1.54) is 0 Å². The predicted octanol–water partition coefficient (Wildman–Crippen LogP) is 5.12. The van der Waals surface area contributed by atoms with Gasteiger partial charge in [0, 0.05) is 28.9 Å². The van der Waals surface area contributed by atoms with Gasteiger partial charge in [0.25, 0.3) is 5.91 Å². The van der Waals surface area contributed by atoms with Gasteiger partial charge >= 0.3 is 0 Å². The second-order valence-electron chi connectivity index (χ2n) is 7.13. The Morgan fingerprint density at radius 2 is 1.69 bits per heavy atom. The van der Waals surface area contributed by atoms with Crippen molar-refractivity contribution in [1.29, 1.82) is 5.26 Å².